The average Bonchev–Trinajstić information content (AvgIpc) is 2.85. The van der Waals surface area contributed by atoms with Gasteiger partial charge in [0.05, 0.1) is 6.04 Å². The van der Waals surface area contributed by atoms with Gasteiger partial charge in [0.2, 0.25) is 11.0 Å². The van der Waals surface area contributed by atoms with Crippen LogP contribution >= 0.6 is 23.3 Å². The number of aromatic nitrogens is 6. The van der Waals surface area contributed by atoms with Crippen LogP contribution < -0.4 is 0 Å². The zero-order valence-corrected chi connectivity index (χ0v) is 10.3. The van der Waals surface area contributed by atoms with E-state index in [1.165, 1.54) is 0 Å². The van der Waals surface area contributed by atoms with Gasteiger partial charge in [-0.2, -0.15) is 17.5 Å². The fraction of sp³-hybridized carbons (Fsp3) is 0.571. The summed E-state index contributed by atoms with van der Waals surface area (Å²) in [5, 5.41) is 11.5. The van der Waals surface area contributed by atoms with Gasteiger partial charge >= 0.3 is 6.18 Å². The standard InChI is InChI=1S/C7H5F3N6S2/c8-7(9,10)4-11-6(18-13-4)17-5-12-14-15-16(5)3-1-2-3/h3H,1-2H2. The molecule has 1 aliphatic carbocycles. The molecule has 1 aliphatic rings. The monoisotopic (exact) mass is 294 g/mol. The summed E-state index contributed by atoms with van der Waals surface area (Å²) in [6, 6.07) is 0.262. The Kier molecular flexibility index (Phi) is 2.73. The van der Waals surface area contributed by atoms with Crippen molar-refractivity contribution >= 4 is 23.3 Å². The van der Waals surface area contributed by atoms with Gasteiger partial charge in [0.15, 0.2) is 4.34 Å². The summed E-state index contributed by atoms with van der Waals surface area (Å²) in [6.07, 6.45) is -2.54. The largest absolute Gasteiger partial charge is 0.452 e. The van der Waals surface area contributed by atoms with Crippen molar-refractivity contribution in [1.82, 2.24) is 29.6 Å². The van der Waals surface area contributed by atoms with Gasteiger partial charge in [-0.25, -0.2) is 9.67 Å². The first-order chi connectivity index (χ1) is 8.54. The number of rotatable bonds is 3. The molecular formula is C7H5F3N6S2. The van der Waals surface area contributed by atoms with Gasteiger partial charge in [0, 0.05) is 0 Å². The maximum absolute atomic E-state index is 12.3. The Bertz CT molecular complexity index is 560. The number of tetrazole rings is 1. The lowest BCUT2D eigenvalue weighted by Gasteiger charge is -1.99. The van der Waals surface area contributed by atoms with Crippen LogP contribution in [-0.4, -0.2) is 29.6 Å². The van der Waals surface area contributed by atoms with Gasteiger partial charge in [-0.1, -0.05) is 0 Å². The number of alkyl halides is 3. The minimum Gasteiger partial charge on any atom is -0.217 e. The van der Waals surface area contributed by atoms with Crippen molar-refractivity contribution in [2.24, 2.45) is 0 Å². The van der Waals surface area contributed by atoms with Gasteiger partial charge in [-0.3, -0.25) is 0 Å². The lowest BCUT2D eigenvalue weighted by Crippen LogP contribution is -2.06. The van der Waals surface area contributed by atoms with Crippen LogP contribution in [0.2, 0.25) is 0 Å². The van der Waals surface area contributed by atoms with E-state index in [-0.39, 0.29) is 10.4 Å². The highest BCUT2D eigenvalue weighted by atomic mass is 32.2. The van der Waals surface area contributed by atoms with Crippen molar-refractivity contribution in [2.75, 3.05) is 0 Å². The molecule has 96 valence electrons. The predicted molar refractivity (Wildman–Crippen MR) is 55.1 cm³/mol. The highest BCUT2D eigenvalue weighted by molar-refractivity contribution is 8.00. The molecule has 18 heavy (non-hydrogen) atoms. The van der Waals surface area contributed by atoms with Gasteiger partial charge in [-0.05, 0) is 46.6 Å². The maximum Gasteiger partial charge on any atom is 0.452 e. The fourth-order valence-electron chi connectivity index (χ4n) is 1.25. The Labute approximate surface area is 107 Å². The van der Waals surface area contributed by atoms with Crippen LogP contribution in [-0.2, 0) is 6.18 Å². The Morgan fingerprint density at radius 1 is 1.33 bits per heavy atom. The van der Waals surface area contributed by atoms with Crippen LogP contribution in [0.1, 0.15) is 24.7 Å². The second kappa shape index (κ2) is 4.16. The molecule has 2 heterocycles. The Balaban J connectivity index is 1.80. The van der Waals surface area contributed by atoms with E-state index in [9.17, 15) is 13.2 Å². The zero-order chi connectivity index (χ0) is 12.8. The molecule has 1 saturated carbocycles. The maximum atomic E-state index is 12.3. The summed E-state index contributed by atoms with van der Waals surface area (Å²) in [5.41, 5.74) is 0. The molecule has 0 aliphatic heterocycles. The molecule has 0 unspecified atom stereocenters. The zero-order valence-electron chi connectivity index (χ0n) is 8.63. The molecule has 0 bridgehead atoms. The summed E-state index contributed by atoms with van der Waals surface area (Å²) in [4.78, 5) is 3.41. The SMILES string of the molecule is FC(F)(F)c1nsc(Sc2nnnn2C2CC2)n1. The molecular weight excluding hydrogens is 289 g/mol. The lowest BCUT2D eigenvalue weighted by molar-refractivity contribution is -0.144. The van der Waals surface area contributed by atoms with Crippen LogP contribution in [0.15, 0.2) is 9.50 Å². The minimum absolute atomic E-state index is 0.180. The Hall–Kier alpha value is -1.23. The van der Waals surface area contributed by atoms with Crippen LogP contribution in [0.4, 0.5) is 13.2 Å². The topological polar surface area (TPSA) is 69.4 Å². The van der Waals surface area contributed by atoms with Crippen molar-refractivity contribution in [3.63, 3.8) is 0 Å². The van der Waals surface area contributed by atoms with Crippen LogP contribution in [0, 0.1) is 0 Å². The first-order valence-corrected chi connectivity index (χ1v) is 6.49. The van der Waals surface area contributed by atoms with Crippen LogP contribution in [0.25, 0.3) is 0 Å². The van der Waals surface area contributed by atoms with E-state index >= 15 is 0 Å². The van der Waals surface area contributed by atoms with E-state index in [1.807, 2.05) is 0 Å². The van der Waals surface area contributed by atoms with Crippen molar-refractivity contribution in [3.8, 4) is 0 Å². The van der Waals surface area contributed by atoms with E-state index in [2.05, 4.69) is 24.9 Å². The van der Waals surface area contributed by atoms with Crippen molar-refractivity contribution in [1.29, 1.82) is 0 Å². The van der Waals surface area contributed by atoms with E-state index in [0.717, 1.165) is 24.6 Å². The van der Waals surface area contributed by atoms with E-state index in [1.54, 1.807) is 4.68 Å². The highest BCUT2D eigenvalue weighted by Gasteiger charge is 2.36. The quantitative estimate of drug-likeness (QED) is 0.862. The molecule has 11 heteroatoms. The van der Waals surface area contributed by atoms with Crippen LogP contribution in [0.5, 0.6) is 0 Å². The molecule has 1 fully saturated rings. The molecule has 0 atom stereocenters. The van der Waals surface area contributed by atoms with Crippen molar-refractivity contribution < 1.29 is 13.2 Å². The molecule has 0 radical (unpaired) electrons. The minimum atomic E-state index is -4.52. The Morgan fingerprint density at radius 3 is 2.72 bits per heavy atom. The van der Waals surface area contributed by atoms with E-state index in [4.69, 9.17) is 0 Å². The summed E-state index contributed by atoms with van der Waals surface area (Å²) >= 11 is 1.69. The molecule has 0 amide bonds. The number of halogens is 3. The third kappa shape index (κ3) is 2.32. The van der Waals surface area contributed by atoms with Gasteiger partial charge in [-0.15, -0.1) is 5.10 Å². The molecule has 2 aromatic rings. The third-order valence-electron chi connectivity index (χ3n) is 2.19. The fourth-order valence-corrected chi connectivity index (χ4v) is 2.81. The smallest absolute Gasteiger partial charge is 0.217 e. The average molecular weight is 294 g/mol. The predicted octanol–water partition coefficient (Wildman–Crippen LogP) is 2.03. The number of hydrogen-bond donors (Lipinski definition) is 0. The lowest BCUT2D eigenvalue weighted by atomic mass is 10.6. The third-order valence-corrected chi connectivity index (χ3v) is 3.90. The number of hydrogen-bond acceptors (Lipinski definition) is 7. The molecule has 0 spiro atoms. The van der Waals surface area contributed by atoms with Crippen molar-refractivity contribution in [3.05, 3.63) is 5.82 Å². The van der Waals surface area contributed by atoms with Gasteiger partial charge < -0.3 is 0 Å². The molecule has 2 aromatic heterocycles. The Morgan fingerprint density at radius 2 is 2.11 bits per heavy atom. The van der Waals surface area contributed by atoms with Crippen LogP contribution in [0.3, 0.4) is 0 Å². The highest BCUT2D eigenvalue weighted by Crippen LogP contribution is 2.39. The summed E-state index contributed by atoms with van der Waals surface area (Å²) < 4.78 is 42.0. The summed E-state index contributed by atoms with van der Waals surface area (Å²) in [5.74, 6) is -1.12. The number of nitrogens with zero attached hydrogens (tertiary/aromatic N) is 6. The second-order valence-corrected chi connectivity index (χ2v) is 5.59. The molecule has 0 N–H and O–H groups in total. The van der Waals surface area contributed by atoms with E-state index < -0.39 is 12.0 Å². The summed E-state index contributed by atoms with van der Waals surface area (Å²) in [7, 11) is 0. The molecule has 3 rings (SSSR count). The molecule has 0 saturated heterocycles. The molecule has 0 aromatic carbocycles. The first kappa shape index (κ1) is 11.8. The second-order valence-electron chi connectivity index (χ2n) is 3.62. The van der Waals surface area contributed by atoms with E-state index in [0.29, 0.717) is 16.7 Å². The normalized spacial score (nSPS) is 16.2. The van der Waals surface area contributed by atoms with Gasteiger partial charge in [0.25, 0.3) is 0 Å². The molecule has 6 nitrogen and oxygen atoms in total. The van der Waals surface area contributed by atoms with Gasteiger partial charge in [0.1, 0.15) is 0 Å². The first-order valence-electron chi connectivity index (χ1n) is 4.90. The van der Waals surface area contributed by atoms with Crippen molar-refractivity contribution in [2.45, 2.75) is 34.6 Å². The summed E-state index contributed by atoms with van der Waals surface area (Å²) in [6.45, 7) is 0.